The monoisotopic (exact) mass is 466 g/mol. The third-order valence-electron chi connectivity index (χ3n) is 6.08. The molecule has 32 heavy (non-hydrogen) atoms. The highest BCUT2D eigenvalue weighted by molar-refractivity contribution is 6.30. The maximum absolute atomic E-state index is 11.1. The number of carbonyl (C=O) groups is 1. The predicted molar refractivity (Wildman–Crippen MR) is 131 cm³/mol. The molecule has 1 unspecified atom stereocenters. The lowest BCUT2D eigenvalue weighted by molar-refractivity contribution is 0.0697. The van der Waals surface area contributed by atoms with Gasteiger partial charge in [0.1, 0.15) is 0 Å². The quantitative estimate of drug-likeness (QED) is 0.456. The summed E-state index contributed by atoms with van der Waals surface area (Å²) in [5.74, 6) is -0.821. The van der Waals surface area contributed by atoms with Gasteiger partial charge in [0.25, 0.3) is 0 Å². The highest BCUT2D eigenvalue weighted by atomic mass is 35.5. The third-order valence-corrected chi connectivity index (χ3v) is 6.33. The minimum Gasteiger partial charge on any atom is -0.478 e. The van der Waals surface area contributed by atoms with Crippen LogP contribution >= 0.6 is 24.0 Å². The Morgan fingerprint density at radius 3 is 2.22 bits per heavy atom. The Kier molecular flexibility index (Phi) is 7.80. The second-order valence-corrected chi connectivity index (χ2v) is 8.31. The minimum absolute atomic E-state index is 0. The fourth-order valence-corrected chi connectivity index (χ4v) is 4.52. The molecular weight excluding hydrogens is 443 g/mol. The largest absolute Gasteiger partial charge is 0.478 e. The first kappa shape index (κ1) is 23.7. The average Bonchev–Trinajstić information content (AvgIpc) is 2.81. The van der Waals surface area contributed by atoms with Gasteiger partial charge in [-0.05, 0) is 71.8 Å². The van der Waals surface area contributed by atoms with Crippen molar-refractivity contribution in [2.45, 2.75) is 18.8 Å². The molecule has 1 saturated heterocycles. The van der Waals surface area contributed by atoms with Gasteiger partial charge in [-0.2, -0.15) is 5.26 Å². The Labute approximate surface area is 199 Å². The van der Waals surface area contributed by atoms with Crippen molar-refractivity contribution >= 4 is 35.7 Å². The number of aromatic carboxylic acids is 1. The lowest BCUT2D eigenvalue weighted by Gasteiger charge is -2.36. The SMILES string of the molecule is Cl.N#CC(c1ccccc1-c1ccc(Cl)cc1)C1CCN(c2ccc(C(=O)O)cc2)CC1. The first-order valence-corrected chi connectivity index (χ1v) is 10.8. The van der Waals surface area contributed by atoms with Crippen molar-refractivity contribution in [3.05, 3.63) is 88.9 Å². The van der Waals surface area contributed by atoms with Gasteiger partial charge in [0.15, 0.2) is 0 Å². The van der Waals surface area contributed by atoms with Gasteiger partial charge in [0.2, 0.25) is 0 Å². The summed E-state index contributed by atoms with van der Waals surface area (Å²) in [6.07, 6.45) is 1.82. The van der Waals surface area contributed by atoms with Crippen LogP contribution in [-0.4, -0.2) is 24.2 Å². The summed E-state index contributed by atoms with van der Waals surface area (Å²) in [5.41, 5.74) is 4.53. The van der Waals surface area contributed by atoms with E-state index in [4.69, 9.17) is 16.7 Å². The molecule has 1 fully saturated rings. The molecule has 3 aromatic rings. The summed E-state index contributed by atoms with van der Waals surface area (Å²) in [6.45, 7) is 1.69. The van der Waals surface area contributed by atoms with E-state index in [9.17, 15) is 10.1 Å². The fraction of sp³-hybridized carbons (Fsp3) is 0.231. The van der Waals surface area contributed by atoms with Crippen molar-refractivity contribution < 1.29 is 9.90 Å². The number of anilines is 1. The van der Waals surface area contributed by atoms with E-state index < -0.39 is 5.97 Å². The Hall–Kier alpha value is -3.00. The topological polar surface area (TPSA) is 64.3 Å². The van der Waals surface area contributed by atoms with Crippen LogP contribution in [0.15, 0.2) is 72.8 Å². The normalized spacial score (nSPS) is 14.8. The number of benzene rings is 3. The number of nitriles is 1. The Morgan fingerprint density at radius 2 is 1.62 bits per heavy atom. The van der Waals surface area contributed by atoms with Crippen LogP contribution in [0.2, 0.25) is 5.02 Å². The van der Waals surface area contributed by atoms with Gasteiger partial charge in [0.05, 0.1) is 17.6 Å². The van der Waals surface area contributed by atoms with Crippen molar-refractivity contribution in [1.29, 1.82) is 5.26 Å². The van der Waals surface area contributed by atoms with Crippen molar-refractivity contribution in [2.24, 2.45) is 5.92 Å². The van der Waals surface area contributed by atoms with Crippen molar-refractivity contribution in [3.8, 4) is 17.2 Å². The molecule has 0 saturated carbocycles. The van der Waals surface area contributed by atoms with Gasteiger partial charge in [-0.25, -0.2) is 4.79 Å². The number of hydrogen-bond donors (Lipinski definition) is 1. The number of hydrogen-bond acceptors (Lipinski definition) is 3. The number of nitrogens with zero attached hydrogens (tertiary/aromatic N) is 2. The van der Waals surface area contributed by atoms with E-state index in [1.54, 1.807) is 12.1 Å². The molecule has 0 radical (unpaired) electrons. The summed E-state index contributed by atoms with van der Waals surface area (Å²) >= 11 is 6.05. The Morgan fingerprint density at radius 1 is 1.00 bits per heavy atom. The van der Waals surface area contributed by atoms with Gasteiger partial charge < -0.3 is 10.0 Å². The zero-order chi connectivity index (χ0) is 21.8. The highest BCUT2D eigenvalue weighted by Crippen LogP contribution is 2.38. The molecule has 1 atom stereocenters. The second kappa shape index (κ2) is 10.5. The lowest BCUT2D eigenvalue weighted by Crippen LogP contribution is -2.35. The molecule has 0 aliphatic carbocycles. The van der Waals surface area contributed by atoms with Gasteiger partial charge >= 0.3 is 5.97 Å². The zero-order valence-corrected chi connectivity index (χ0v) is 19.0. The van der Waals surface area contributed by atoms with Crippen LogP contribution in [0.5, 0.6) is 0 Å². The molecule has 3 aromatic carbocycles. The average molecular weight is 467 g/mol. The number of piperidine rings is 1. The lowest BCUT2D eigenvalue weighted by atomic mass is 9.78. The summed E-state index contributed by atoms with van der Waals surface area (Å²) in [5, 5.41) is 19.9. The van der Waals surface area contributed by atoms with Gasteiger partial charge in [-0.15, -0.1) is 12.4 Å². The van der Waals surface area contributed by atoms with Crippen molar-refractivity contribution in [2.75, 3.05) is 18.0 Å². The second-order valence-electron chi connectivity index (χ2n) is 7.88. The molecule has 1 heterocycles. The molecule has 0 spiro atoms. The minimum atomic E-state index is -0.915. The maximum Gasteiger partial charge on any atom is 0.335 e. The van der Waals surface area contributed by atoms with E-state index in [-0.39, 0.29) is 24.2 Å². The number of carboxylic acid groups (broad SMARTS) is 1. The molecule has 0 bridgehead atoms. The molecule has 1 aliphatic rings. The van der Waals surface area contributed by atoms with Crippen LogP contribution in [0.3, 0.4) is 0 Å². The summed E-state index contributed by atoms with van der Waals surface area (Å²) in [7, 11) is 0. The molecule has 6 heteroatoms. The Bertz CT molecular complexity index is 1100. The highest BCUT2D eigenvalue weighted by Gasteiger charge is 2.29. The molecule has 4 nitrogen and oxygen atoms in total. The van der Waals surface area contributed by atoms with E-state index in [0.29, 0.717) is 10.6 Å². The maximum atomic E-state index is 11.1. The third kappa shape index (κ3) is 5.07. The van der Waals surface area contributed by atoms with Gasteiger partial charge in [0, 0.05) is 23.8 Å². The molecule has 4 rings (SSSR count). The smallest absolute Gasteiger partial charge is 0.335 e. The predicted octanol–water partition coefficient (Wildman–Crippen LogP) is 6.65. The molecule has 164 valence electrons. The number of rotatable bonds is 5. The van der Waals surface area contributed by atoms with E-state index in [1.165, 1.54) is 0 Å². The molecular formula is C26H24Cl2N2O2. The van der Waals surface area contributed by atoms with Crippen LogP contribution in [0.25, 0.3) is 11.1 Å². The summed E-state index contributed by atoms with van der Waals surface area (Å²) in [6, 6.07) is 25.5. The van der Waals surface area contributed by atoms with E-state index in [1.807, 2.05) is 48.5 Å². The first-order chi connectivity index (χ1) is 15.1. The Balaban J connectivity index is 0.00000289. The molecule has 1 aliphatic heterocycles. The van der Waals surface area contributed by atoms with E-state index >= 15 is 0 Å². The van der Waals surface area contributed by atoms with Crippen molar-refractivity contribution in [1.82, 2.24) is 0 Å². The summed E-state index contributed by atoms with van der Waals surface area (Å²) < 4.78 is 0. The first-order valence-electron chi connectivity index (χ1n) is 10.4. The van der Waals surface area contributed by atoms with Gasteiger partial charge in [-0.1, -0.05) is 48.0 Å². The van der Waals surface area contributed by atoms with Crippen LogP contribution in [0, 0.1) is 17.2 Å². The molecule has 1 N–H and O–H groups in total. The number of carboxylic acids is 1. The van der Waals surface area contributed by atoms with Crippen molar-refractivity contribution in [3.63, 3.8) is 0 Å². The zero-order valence-electron chi connectivity index (χ0n) is 17.4. The fourth-order valence-electron chi connectivity index (χ4n) is 4.40. The van der Waals surface area contributed by atoms with Crippen LogP contribution in [-0.2, 0) is 0 Å². The van der Waals surface area contributed by atoms with Crippen LogP contribution in [0.4, 0.5) is 5.69 Å². The molecule has 0 amide bonds. The standard InChI is InChI=1S/C26H23ClN2O2.ClH/c27-21-9-5-18(6-10-21)23-3-1-2-4-24(23)25(17-28)19-13-15-29(16-14-19)22-11-7-20(8-12-22)26(30)31;/h1-12,19,25H,13-16H2,(H,30,31);1H. The van der Waals surface area contributed by atoms with Crippen LogP contribution in [0.1, 0.15) is 34.7 Å². The van der Waals surface area contributed by atoms with Gasteiger partial charge in [-0.3, -0.25) is 0 Å². The number of halogens is 2. The van der Waals surface area contributed by atoms with E-state index in [2.05, 4.69) is 23.1 Å². The van der Waals surface area contributed by atoms with Crippen LogP contribution < -0.4 is 4.90 Å². The molecule has 0 aromatic heterocycles. The van der Waals surface area contributed by atoms with E-state index in [0.717, 1.165) is 48.3 Å². The summed E-state index contributed by atoms with van der Waals surface area (Å²) in [4.78, 5) is 13.3.